The van der Waals surface area contributed by atoms with Crippen molar-refractivity contribution in [3.8, 4) is 0 Å². The van der Waals surface area contributed by atoms with E-state index >= 15 is 0 Å². The van der Waals surface area contributed by atoms with Crippen LogP contribution in [0.4, 0.5) is 0 Å². The molecule has 1 rings (SSSR count). The van der Waals surface area contributed by atoms with Crippen LogP contribution in [0.25, 0.3) is 0 Å². The van der Waals surface area contributed by atoms with Gasteiger partial charge < -0.3 is 0 Å². The van der Waals surface area contributed by atoms with Crippen molar-refractivity contribution in [2.45, 2.75) is 72.6 Å². The number of hydrogen-bond donors (Lipinski definition) is 0. The van der Waals surface area contributed by atoms with Gasteiger partial charge in [-0.3, -0.25) is 0 Å². The van der Waals surface area contributed by atoms with E-state index < -0.39 is 0 Å². The number of rotatable bonds is 4. The molecular weight excluding hydrogens is 168 g/mol. The molecule has 0 N–H and O–H groups in total. The monoisotopic (exact) mass is 196 g/mol. The Labute approximate surface area is 90.5 Å². The molecule has 1 fully saturated rings. The van der Waals surface area contributed by atoms with Gasteiger partial charge >= 0.3 is 0 Å². The van der Waals surface area contributed by atoms with Crippen LogP contribution in [-0.4, -0.2) is 0 Å². The minimum atomic E-state index is 0.726. The third-order valence-corrected chi connectivity index (χ3v) is 5.04. The summed E-state index contributed by atoms with van der Waals surface area (Å²) in [5.41, 5.74) is 0.726. The maximum absolute atomic E-state index is 2.44. The summed E-state index contributed by atoms with van der Waals surface area (Å²) in [6, 6.07) is 0. The highest BCUT2D eigenvalue weighted by molar-refractivity contribution is 4.84. The van der Waals surface area contributed by atoms with Gasteiger partial charge in [-0.1, -0.05) is 47.0 Å². The molecule has 0 saturated heterocycles. The SMILES string of the molecule is CCC(C)C1CCC(CC)(CC)CC1. The van der Waals surface area contributed by atoms with Crippen LogP contribution in [0.15, 0.2) is 0 Å². The van der Waals surface area contributed by atoms with Crippen molar-refractivity contribution < 1.29 is 0 Å². The Kier molecular flexibility index (Phi) is 4.47. The average molecular weight is 196 g/mol. The fourth-order valence-electron chi connectivity index (χ4n) is 3.11. The lowest BCUT2D eigenvalue weighted by Gasteiger charge is -2.41. The first-order valence-electron chi connectivity index (χ1n) is 6.67. The molecule has 1 unspecified atom stereocenters. The normalized spacial score (nSPS) is 24.9. The quantitative estimate of drug-likeness (QED) is 0.591. The summed E-state index contributed by atoms with van der Waals surface area (Å²) >= 11 is 0. The summed E-state index contributed by atoms with van der Waals surface area (Å²) in [4.78, 5) is 0. The molecule has 14 heavy (non-hydrogen) atoms. The van der Waals surface area contributed by atoms with Crippen LogP contribution in [0.3, 0.4) is 0 Å². The molecule has 1 aliphatic carbocycles. The van der Waals surface area contributed by atoms with Gasteiger partial charge in [-0.2, -0.15) is 0 Å². The van der Waals surface area contributed by atoms with Gasteiger partial charge in [0.25, 0.3) is 0 Å². The highest BCUT2D eigenvalue weighted by Gasteiger charge is 2.33. The molecule has 1 saturated carbocycles. The fraction of sp³-hybridized carbons (Fsp3) is 1.00. The Bertz CT molecular complexity index is 145. The van der Waals surface area contributed by atoms with E-state index in [2.05, 4.69) is 27.7 Å². The van der Waals surface area contributed by atoms with Crippen molar-refractivity contribution in [2.75, 3.05) is 0 Å². The van der Waals surface area contributed by atoms with Crippen molar-refractivity contribution in [1.82, 2.24) is 0 Å². The van der Waals surface area contributed by atoms with Crippen molar-refractivity contribution in [2.24, 2.45) is 17.3 Å². The zero-order valence-corrected chi connectivity index (χ0v) is 10.6. The van der Waals surface area contributed by atoms with E-state index in [1.807, 2.05) is 0 Å². The molecule has 0 aliphatic heterocycles. The van der Waals surface area contributed by atoms with Gasteiger partial charge in [0.2, 0.25) is 0 Å². The van der Waals surface area contributed by atoms with E-state index in [0.717, 1.165) is 17.3 Å². The summed E-state index contributed by atoms with van der Waals surface area (Å²) in [7, 11) is 0. The summed E-state index contributed by atoms with van der Waals surface area (Å²) < 4.78 is 0. The predicted octanol–water partition coefficient (Wildman–Crippen LogP) is 5.03. The van der Waals surface area contributed by atoms with E-state index in [1.165, 1.54) is 44.9 Å². The van der Waals surface area contributed by atoms with Crippen LogP contribution < -0.4 is 0 Å². The molecule has 0 aromatic carbocycles. The molecule has 0 aromatic rings. The molecule has 84 valence electrons. The van der Waals surface area contributed by atoms with Crippen LogP contribution in [0.5, 0.6) is 0 Å². The third kappa shape index (κ3) is 2.52. The van der Waals surface area contributed by atoms with Gasteiger partial charge in [-0.25, -0.2) is 0 Å². The predicted molar refractivity (Wildman–Crippen MR) is 64.4 cm³/mol. The first-order valence-corrected chi connectivity index (χ1v) is 6.67. The summed E-state index contributed by atoms with van der Waals surface area (Å²) in [5.74, 6) is 1.99. The van der Waals surface area contributed by atoms with Crippen LogP contribution in [0.2, 0.25) is 0 Å². The van der Waals surface area contributed by atoms with Gasteiger partial charge in [-0.15, -0.1) is 0 Å². The van der Waals surface area contributed by atoms with Crippen molar-refractivity contribution in [3.05, 3.63) is 0 Å². The van der Waals surface area contributed by atoms with Gasteiger partial charge in [0.15, 0.2) is 0 Å². The molecule has 0 spiro atoms. The van der Waals surface area contributed by atoms with Crippen molar-refractivity contribution in [3.63, 3.8) is 0 Å². The van der Waals surface area contributed by atoms with Crippen LogP contribution >= 0.6 is 0 Å². The smallest absolute Gasteiger partial charge is 0.0302 e. The van der Waals surface area contributed by atoms with E-state index in [1.54, 1.807) is 0 Å². The maximum Gasteiger partial charge on any atom is -0.0302 e. The van der Waals surface area contributed by atoms with E-state index in [9.17, 15) is 0 Å². The Morgan fingerprint density at radius 3 is 1.93 bits per heavy atom. The Hall–Kier alpha value is 0. The molecule has 1 aliphatic rings. The molecule has 0 heterocycles. The van der Waals surface area contributed by atoms with Gasteiger partial charge in [0.1, 0.15) is 0 Å². The van der Waals surface area contributed by atoms with E-state index in [4.69, 9.17) is 0 Å². The van der Waals surface area contributed by atoms with Crippen LogP contribution in [0.1, 0.15) is 72.6 Å². The lowest BCUT2D eigenvalue weighted by molar-refractivity contribution is 0.111. The first-order chi connectivity index (χ1) is 6.67. The largest absolute Gasteiger partial charge is 0.0651 e. The second kappa shape index (κ2) is 5.19. The third-order valence-electron chi connectivity index (χ3n) is 5.04. The van der Waals surface area contributed by atoms with Crippen LogP contribution in [0, 0.1) is 17.3 Å². The van der Waals surface area contributed by atoms with Crippen LogP contribution in [-0.2, 0) is 0 Å². The zero-order chi connectivity index (χ0) is 10.6. The lowest BCUT2D eigenvalue weighted by atomic mass is 9.65. The summed E-state index contributed by atoms with van der Waals surface area (Å²) in [6.45, 7) is 9.54. The standard InChI is InChI=1S/C14H28/c1-5-12(4)13-8-10-14(6-2,7-3)11-9-13/h12-13H,5-11H2,1-4H3. The molecule has 0 heteroatoms. The highest BCUT2D eigenvalue weighted by Crippen LogP contribution is 2.46. The average Bonchev–Trinajstić information content (AvgIpc) is 2.28. The Morgan fingerprint density at radius 2 is 1.57 bits per heavy atom. The fourth-order valence-corrected chi connectivity index (χ4v) is 3.11. The summed E-state index contributed by atoms with van der Waals surface area (Å²) in [6.07, 6.45) is 10.2. The minimum Gasteiger partial charge on any atom is -0.0651 e. The Balaban J connectivity index is 2.44. The topological polar surface area (TPSA) is 0 Å². The molecule has 1 atom stereocenters. The van der Waals surface area contributed by atoms with Gasteiger partial charge in [-0.05, 0) is 42.9 Å². The minimum absolute atomic E-state index is 0.726. The maximum atomic E-state index is 2.44. The lowest BCUT2D eigenvalue weighted by Crippen LogP contribution is -2.28. The molecule has 0 nitrogen and oxygen atoms in total. The molecular formula is C14H28. The second-order valence-electron chi connectivity index (χ2n) is 5.43. The van der Waals surface area contributed by atoms with Crippen molar-refractivity contribution in [1.29, 1.82) is 0 Å². The van der Waals surface area contributed by atoms with Crippen molar-refractivity contribution >= 4 is 0 Å². The zero-order valence-electron chi connectivity index (χ0n) is 10.6. The first kappa shape index (κ1) is 12.1. The van der Waals surface area contributed by atoms with Gasteiger partial charge in [0.05, 0.1) is 0 Å². The molecule has 0 aromatic heterocycles. The number of hydrogen-bond acceptors (Lipinski definition) is 0. The highest BCUT2D eigenvalue weighted by atomic mass is 14.4. The summed E-state index contributed by atoms with van der Waals surface area (Å²) in [5, 5.41) is 0. The van der Waals surface area contributed by atoms with Gasteiger partial charge in [0, 0.05) is 0 Å². The van der Waals surface area contributed by atoms with E-state index in [0.29, 0.717) is 0 Å². The Morgan fingerprint density at radius 1 is 1.07 bits per heavy atom. The molecule has 0 amide bonds. The second-order valence-corrected chi connectivity index (χ2v) is 5.43. The molecule has 0 bridgehead atoms. The van der Waals surface area contributed by atoms with E-state index in [-0.39, 0.29) is 0 Å². The molecule has 0 radical (unpaired) electrons.